The normalized spacial score (nSPS) is 17.7. The fourth-order valence-electron chi connectivity index (χ4n) is 3.09. The minimum atomic E-state index is 0.294. The molecule has 1 aliphatic heterocycles. The Bertz CT molecular complexity index is 768. The lowest BCUT2D eigenvalue weighted by Gasteiger charge is -2.27. The van der Waals surface area contributed by atoms with E-state index in [1.54, 1.807) is 17.7 Å². The van der Waals surface area contributed by atoms with Crippen LogP contribution < -0.4 is 4.90 Å². The fraction of sp³-hybridized carbons (Fsp3) is 0.333. The molecule has 0 unspecified atom stereocenters. The van der Waals surface area contributed by atoms with Gasteiger partial charge in [0, 0.05) is 19.7 Å². The second-order valence-corrected chi connectivity index (χ2v) is 6.73. The van der Waals surface area contributed by atoms with E-state index in [-0.39, 0.29) is 0 Å². The summed E-state index contributed by atoms with van der Waals surface area (Å²) in [4.78, 5) is 12.3. The van der Waals surface area contributed by atoms with Gasteiger partial charge in [-0.3, -0.25) is 0 Å². The van der Waals surface area contributed by atoms with E-state index in [9.17, 15) is 0 Å². The Hall–Kier alpha value is -1.98. The zero-order chi connectivity index (χ0) is 15.5. The number of rotatable bonds is 5. The van der Waals surface area contributed by atoms with Gasteiger partial charge in [-0.15, -0.1) is 11.3 Å². The molecular weight excluding hydrogens is 306 g/mol. The summed E-state index contributed by atoms with van der Waals surface area (Å²) in [5.41, 5.74) is 1.28. The van der Waals surface area contributed by atoms with Gasteiger partial charge in [0.2, 0.25) is 0 Å². The van der Waals surface area contributed by atoms with Gasteiger partial charge in [-0.05, 0) is 29.9 Å². The molecule has 0 N–H and O–H groups in total. The molecule has 1 atom stereocenters. The molecule has 0 spiro atoms. The number of nitrogens with zero attached hydrogens (tertiary/aromatic N) is 3. The van der Waals surface area contributed by atoms with Gasteiger partial charge in [0.25, 0.3) is 0 Å². The molecule has 1 saturated heterocycles. The maximum Gasteiger partial charge on any atom is 0.141 e. The summed E-state index contributed by atoms with van der Waals surface area (Å²) in [5.74, 6) is 1.01. The van der Waals surface area contributed by atoms with Crippen molar-refractivity contribution in [1.82, 2.24) is 9.97 Å². The Morgan fingerprint density at radius 2 is 2.09 bits per heavy atom. The molecule has 4 rings (SSSR count). The molecule has 3 aromatic rings. The van der Waals surface area contributed by atoms with Crippen molar-refractivity contribution in [2.24, 2.45) is 0 Å². The van der Waals surface area contributed by atoms with E-state index in [1.807, 2.05) is 0 Å². The van der Waals surface area contributed by atoms with Crippen molar-refractivity contribution in [3.63, 3.8) is 0 Å². The standard InChI is InChI=1S/C18H19N3OS/c1-2-5-14(6-3-1)11-21(12-15-7-4-9-22-15)17-16-8-10-23-18(16)20-13-19-17/h1-3,5-6,8,10,13,15H,4,7,9,11-12H2/t15-/m0/s1. The largest absolute Gasteiger partial charge is 0.376 e. The van der Waals surface area contributed by atoms with Crippen molar-refractivity contribution in [2.45, 2.75) is 25.5 Å². The lowest BCUT2D eigenvalue weighted by molar-refractivity contribution is 0.115. The van der Waals surface area contributed by atoms with Crippen molar-refractivity contribution in [2.75, 3.05) is 18.1 Å². The topological polar surface area (TPSA) is 38.2 Å². The average molecular weight is 325 g/mol. The van der Waals surface area contributed by atoms with Crippen LogP contribution in [-0.4, -0.2) is 29.2 Å². The van der Waals surface area contributed by atoms with Crippen molar-refractivity contribution in [3.05, 3.63) is 53.7 Å². The lowest BCUT2D eigenvalue weighted by atomic mass is 10.1. The van der Waals surface area contributed by atoms with Crippen LogP contribution in [0.3, 0.4) is 0 Å². The van der Waals surface area contributed by atoms with Crippen molar-refractivity contribution in [1.29, 1.82) is 0 Å². The number of thiophene rings is 1. The average Bonchev–Trinajstić information content (AvgIpc) is 3.26. The van der Waals surface area contributed by atoms with Crippen LogP contribution in [0.15, 0.2) is 48.1 Å². The van der Waals surface area contributed by atoms with Gasteiger partial charge < -0.3 is 9.64 Å². The SMILES string of the molecule is c1ccc(CN(C[C@@H]2CCCO2)c2ncnc3sccc23)cc1. The smallest absolute Gasteiger partial charge is 0.141 e. The summed E-state index contributed by atoms with van der Waals surface area (Å²) < 4.78 is 5.85. The van der Waals surface area contributed by atoms with Crippen LogP contribution in [-0.2, 0) is 11.3 Å². The third-order valence-electron chi connectivity index (χ3n) is 4.20. The van der Waals surface area contributed by atoms with Crippen LogP contribution in [0.25, 0.3) is 10.2 Å². The molecule has 0 saturated carbocycles. The minimum Gasteiger partial charge on any atom is -0.376 e. The third-order valence-corrected chi connectivity index (χ3v) is 5.03. The number of fused-ring (bicyclic) bond motifs is 1. The van der Waals surface area contributed by atoms with Gasteiger partial charge in [-0.1, -0.05) is 30.3 Å². The summed E-state index contributed by atoms with van der Waals surface area (Å²) in [5, 5.41) is 3.21. The summed E-state index contributed by atoms with van der Waals surface area (Å²) in [6, 6.07) is 12.7. The van der Waals surface area contributed by atoms with Crippen molar-refractivity contribution in [3.8, 4) is 0 Å². The van der Waals surface area contributed by atoms with E-state index in [2.05, 4.69) is 56.6 Å². The van der Waals surface area contributed by atoms with Crippen LogP contribution in [0.2, 0.25) is 0 Å². The van der Waals surface area contributed by atoms with E-state index < -0.39 is 0 Å². The van der Waals surface area contributed by atoms with Gasteiger partial charge in [-0.2, -0.15) is 0 Å². The molecule has 2 aromatic heterocycles. The zero-order valence-electron chi connectivity index (χ0n) is 12.9. The second-order valence-electron chi connectivity index (χ2n) is 5.84. The first kappa shape index (κ1) is 14.6. The molecule has 3 heterocycles. The molecule has 1 aromatic carbocycles. The first-order chi connectivity index (χ1) is 11.4. The first-order valence-corrected chi connectivity index (χ1v) is 8.87. The van der Waals surface area contributed by atoms with Gasteiger partial charge in [0.15, 0.2) is 0 Å². The zero-order valence-corrected chi connectivity index (χ0v) is 13.7. The highest BCUT2D eigenvalue weighted by atomic mass is 32.1. The van der Waals surface area contributed by atoms with Crippen LogP contribution >= 0.6 is 11.3 Å². The van der Waals surface area contributed by atoms with E-state index >= 15 is 0 Å². The van der Waals surface area contributed by atoms with Gasteiger partial charge in [-0.25, -0.2) is 9.97 Å². The Kier molecular flexibility index (Phi) is 4.22. The molecule has 5 heteroatoms. The van der Waals surface area contributed by atoms with E-state index in [1.165, 1.54) is 5.56 Å². The van der Waals surface area contributed by atoms with E-state index in [0.29, 0.717) is 6.10 Å². The molecule has 1 fully saturated rings. The third kappa shape index (κ3) is 3.21. The highest BCUT2D eigenvalue weighted by Crippen LogP contribution is 2.29. The van der Waals surface area contributed by atoms with Crippen LogP contribution in [0.5, 0.6) is 0 Å². The molecule has 0 amide bonds. The maximum atomic E-state index is 5.85. The number of ether oxygens (including phenoxy) is 1. The molecule has 23 heavy (non-hydrogen) atoms. The van der Waals surface area contributed by atoms with Crippen molar-refractivity contribution < 1.29 is 4.74 Å². The molecule has 118 valence electrons. The van der Waals surface area contributed by atoms with Crippen LogP contribution in [0.1, 0.15) is 18.4 Å². The monoisotopic (exact) mass is 325 g/mol. The first-order valence-electron chi connectivity index (χ1n) is 7.99. The lowest BCUT2D eigenvalue weighted by Crippen LogP contribution is -2.32. The van der Waals surface area contributed by atoms with Gasteiger partial charge in [0.1, 0.15) is 17.0 Å². The van der Waals surface area contributed by atoms with Gasteiger partial charge in [0.05, 0.1) is 11.5 Å². The Morgan fingerprint density at radius 1 is 1.17 bits per heavy atom. The number of hydrogen-bond acceptors (Lipinski definition) is 5. The molecule has 0 radical (unpaired) electrons. The fourth-order valence-corrected chi connectivity index (χ4v) is 3.82. The predicted octanol–water partition coefficient (Wildman–Crippen LogP) is 3.88. The number of anilines is 1. The molecule has 0 aliphatic carbocycles. The quantitative estimate of drug-likeness (QED) is 0.713. The maximum absolute atomic E-state index is 5.85. The highest BCUT2D eigenvalue weighted by Gasteiger charge is 2.22. The molecule has 0 bridgehead atoms. The molecule has 4 nitrogen and oxygen atoms in total. The summed E-state index contributed by atoms with van der Waals surface area (Å²) in [6.07, 6.45) is 4.24. The summed E-state index contributed by atoms with van der Waals surface area (Å²) >= 11 is 1.66. The number of aromatic nitrogens is 2. The summed E-state index contributed by atoms with van der Waals surface area (Å²) in [6.45, 7) is 2.58. The highest BCUT2D eigenvalue weighted by molar-refractivity contribution is 7.16. The van der Waals surface area contributed by atoms with Gasteiger partial charge >= 0.3 is 0 Å². The van der Waals surface area contributed by atoms with E-state index in [4.69, 9.17) is 4.74 Å². The second kappa shape index (κ2) is 6.64. The van der Waals surface area contributed by atoms with E-state index in [0.717, 1.165) is 48.6 Å². The predicted molar refractivity (Wildman–Crippen MR) is 93.9 cm³/mol. The summed E-state index contributed by atoms with van der Waals surface area (Å²) in [7, 11) is 0. The number of hydrogen-bond donors (Lipinski definition) is 0. The van der Waals surface area contributed by atoms with Crippen LogP contribution in [0, 0.1) is 0 Å². The number of benzene rings is 1. The Labute approximate surface area is 139 Å². The molecular formula is C18H19N3OS. The molecule has 1 aliphatic rings. The Balaban J connectivity index is 1.67. The van der Waals surface area contributed by atoms with Crippen molar-refractivity contribution >= 4 is 27.4 Å². The van der Waals surface area contributed by atoms with Crippen LogP contribution in [0.4, 0.5) is 5.82 Å². The minimum absolute atomic E-state index is 0.294. The Morgan fingerprint density at radius 3 is 2.91 bits per heavy atom.